The molecule has 3 aromatic heterocycles. The summed E-state index contributed by atoms with van der Waals surface area (Å²) in [5.74, 6) is 0.314. The highest BCUT2D eigenvalue weighted by Gasteiger charge is 2.13. The molecule has 27 heavy (non-hydrogen) atoms. The third kappa shape index (κ3) is 3.77. The third-order valence-electron chi connectivity index (χ3n) is 4.16. The van der Waals surface area contributed by atoms with Crippen LogP contribution in [0.5, 0.6) is 0 Å². The average Bonchev–Trinajstić information content (AvgIpc) is 3.15. The lowest BCUT2D eigenvalue weighted by Gasteiger charge is -2.12. The molecule has 0 unspecified atom stereocenters. The number of benzene rings is 1. The van der Waals surface area contributed by atoms with Crippen molar-refractivity contribution in [1.82, 2.24) is 25.5 Å². The molecule has 0 saturated carbocycles. The smallest absolute Gasteiger partial charge is 0.255 e. The van der Waals surface area contributed by atoms with Crippen LogP contribution in [-0.2, 0) is 6.54 Å². The van der Waals surface area contributed by atoms with Gasteiger partial charge in [0.15, 0.2) is 0 Å². The van der Waals surface area contributed by atoms with Crippen LogP contribution >= 0.6 is 0 Å². The maximum Gasteiger partial charge on any atom is 0.255 e. The Bertz CT molecular complexity index is 1090. The largest absolute Gasteiger partial charge is 0.348 e. The van der Waals surface area contributed by atoms with Gasteiger partial charge in [-0.2, -0.15) is 5.10 Å². The minimum Gasteiger partial charge on any atom is -0.348 e. The van der Waals surface area contributed by atoms with Gasteiger partial charge in [0.1, 0.15) is 5.82 Å². The minimum absolute atomic E-state index is 0.198. The van der Waals surface area contributed by atoms with Crippen molar-refractivity contribution in [2.45, 2.75) is 13.5 Å². The molecule has 4 rings (SSSR count). The number of aromatic amines is 1. The van der Waals surface area contributed by atoms with Crippen molar-refractivity contribution in [1.29, 1.82) is 0 Å². The molecule has 0 aliphatic rings. The monoisotopic (exact) mass is 358 g/mol. The van der Waals surface area contributed by atoms with E-state index >= 15 is 0 Å². The van der Waals surface area contributed by atoms with Crippen molar-refractivity contribution < 1.29 is 4.79 Å². The van der Waals surface area contributed by atoms with Crippen LogP contribution in [0.1, 0.15) is 21.6 Å². The molecular weight excluding hydrogens is 340 g/mol. The van der Waals surface area contributed by atoms with E-state index < -0.39 is 0 Å². The van der Waals surface area contributed by atoms with Crippen molar-refractivity contribution >= 4 is 28.3 Å². The Hall–Kier alpha value is -3.74. The fraction of sp³-hybridized carbons (Fsp3) is 0.100. The summed E-state index contributed by atoms with van der Waals surface area (Å²) in [6, 6.07) is 13.2. The van der Waals surface area contributed by atoms with E-state index in [1.165, 1.54) is 0 Å². The van der Waals surface area contributed by atoms with E-state index in [1.54, 1.807) is 24.7 Å². The van der Waals surface area contributed by atoms with Gasteiger partial charge in [-0.1, -0.05) is 6.07 Å². The molecule has 0 aliphatic carbocycles. The highest BCUT2D eigenvalue weighted by atomic mass is 16.1. The van der Waals surface area contributed by atoms with Crippen molar-refractivity contribution in [2.75, 3.05) is 5.32 Å². The number of hydrogen-bond donors (Lipinski definition) is 3. The van der Waals surface area contributed by atoms with Crippen LogP contribution in [0.25, 0.3) is 10.9 Å². The Morgan fingerprint density at radius 1 is 1.15 bits per heavy atom. The first-order valence-corrected chi connectivity index (χ1v) is 8.54. The van der Waals surface area contributed by atoms with Crippen LogP contribution in [-0.4, -0.2) is 26.1 Å². The quantitative estimate of drug-likeness (QED) is 0.508. The van der Waals surface area contributed by atoms with Gasteiger partial charge in [0.2, 0.25) is 0 Å². The number of hydrogen-bond acceptors (Lipinski definition) is 5. The molecule has 0 spiro atoms. The lowest BCUT2D eigenvalue weighted by atomic mass is 10.2. The van der Waals surface area contributed by atoms with E-state index in [1.807, 2.05) is 43.3 Å². The second-order valence-electron chi connectivity index (χ2n) is 6.19. The molecule has 3 heterocycles. The highest BCUT2D eigenvalue weighted by molar-refractivity contribution is 5.99. The molecular formula is C20H18N6O. The lowest BCUT2D eigenvalue weighted by molar-refractivity contribution is 0.0951. The zero-order chi connectivity index (χ0) is 18.6. The van der Waals surface area contributed by atoms with Gasteiger partial charge in [0.05, 0.1) is 17.3 Å². The Morgan fingerprint density at radius 3 is 2.93 bits per heavy atom. The van der Waals surface area contributed by atoms with E-state index in [0.717, 1.165) is 27.8 Å². The Balaban J connectivity index is 1.56. The summed E-state index contributed by atoms with van der Waals surface area (Å²) in [5.41, 5.74) is 3.98. The summed E-state index contributed by atoms with van der Waals surface area (Å²) in [7, 11) is 0. The number of fused-ring (bicyclic) bond motifs is 1. The van der Waals surface area contributed by atoms with Gasteiger partial charge in [-0.25, -0.2) is 4.98 Å². The van der Waals surface area contributed by atoms with Gasteiger partial charge >= 0.3 is 0 Å². The lowest BCUT2D eigenvalue weighted by Crippen LogP contribution is -2.24. The number of rotatable bonds is 5. The predicted molar refractivity (Wildman–Crippen MR) is 104 cm³/mol. The van der Waals surface area contributed by atoms with Crippen LogP contribution in [0.3, 0.4) is 0 Å². The van der Waals surface area contributed by atoms with Crippen LogP contribution in [0.15, 0.2) is 61.1 Å². The molecule has 0 bridgehead atoms. The maximum atomic E-state index is 12.7. The van der Waals surface area contributed by atoms with Gasteiger partial charge in [0, 0.05) is 35.7 Å². The number of carbonyl (C=O) groups is 1. The number of nitrogens with zero attached hydrogens (tertiary/aromatic N) is 3. The van der Waals surface area contributed by atoms with E-state index in [9.17, 15) is 4.79 Å². The summed E-state index contributed by atoms with van der Waals surface area (Å²) < 4.78 is 0. The summed E-state index contributed by atoms with van der Waals surface area (Å²) in [6.45, 7) is 2.29. The first-order valence-electron chi connectivity index (χ1n) is 8.54. The number of H-pyrrole nitrogens is 1. The molecule has 4 aromatic rings. The van der Waals surface area contributed by atoms with E-state index in [-0.39, 0.29) is 5.91 Å². The average molecular weight is 358 g/mol. The minimum atomic E-state index is -0.198. The van der Waals surface area contributed by atoms with Crippen LogP contribution in [0.4, 0.5) is 11.5 Å². The number of aryl methyl sites for hydroxylation is 1. The molecule has 0 atom stereocenters. The first kappa shape index (κ1) is 16.7. The van der Waals surface area contributed by atoms with Gasteiger partial charge in [-0.3, -0.25) is 14.9 Å². The molecule has 0 saturated heterocycles. The number of pyridine rings is 2. The highest BCUT2D eigenvalue weighted by Crippen LogP contribution is 2.22. The van der Waals surface area contributed by atoms with Crippen molar-refractivity contribution in [3.05, 3.63) is 77.9 Å². The maximum absolute atomic E-state index is 12.7. The van der Waals surface area contributed by atoms with Crippen LogP contribution < -0.4 is 10.6 Å². The van der Waals surface area contributed by atoms with E-state index in [2.05, 4.69) is 30.8 Å². The first-order chi connectivity index (χ1) is 13.2. The summed E-state index contributed by atoms with van der Waals surface area (Å²) in [4.78, 5) is 21.2. The second kappa shape index (κ2) is 7.25. The molecule has 1 amide bonds. The molecule has 0 aliphatic heterocycles. The van der Waals surface area contributed by atoms with Crippen molar-refractivity contribution in [2.24, 2.45) is 0 Å². The van der Waals surface area contributed by atoms with Crippen molar-refractivity contribution in [3.63, 3.8) is 0 Å². The molecule has 7 heteroatoms. The normalized spacial score (nSPS) is 10.7. The molecule has 134 valence electrons. The van der Waals surface area contributed by atoms with Gasteiger partial charge in [-0.05, 0) is 48.9 Å². The molecule has 3 N–H and O–H groups in total. The summed E-state index contributed by atoms with van der Waals surface area (Å²) in [6.07, 6.45) is 5.20. The number of anilines is 2. The zero-order valence-electron chi connectivity index (χ0n) is 14.7. The fourth-order valence-electron chi connectivity index (χ4n) is 2.77. The van der Waals surface area contributed by atoms with Gasteiger partial charge in [0.25, 0.3) is 5.91 Å². The molecule has 0 radical (unpaired) electrons. The Labute approximate surface area is 155 Å². The standard InChI is InChI=1S/C20H18N6O/c1-13-4-7-17(20(27)22-11-14-3-2-8-21-10-14)19(24-13)25-16-6-5-15-12-23-26-18(15)9-16/h2-10,12H,11H2,1H3,(H,22,27)(H,23,26)(H,24,25). The van der Waals surface area contributed by atoms with E-state index in [4.69, 9.17) is 0 Å². The van der Waals surface area contributed by atoms with Crippen LogP contribution in [0.2, 0.25) is 0 Å². The number of nitrogens with one attached hydrogen (secondary N) is 3. The topological polar surface area (TPSA) is 95.6 Å². The van der Waals surface area contributed by atoms with Crippen LogP contribution in [0, 0.1) is 6.92 Å². The Kier molecular flexibility index (Phi) is 4.49. The van der Waals surface area contributed by atoms with Gasteiger partial charge < -0.3 is 10.6 Å². The zero-order valence-corrected chi connectivity index (χ0v) is 14.7. The van der Waals surface area contributed by atoms with Gasteiger partial charge in [-0.15, -0.1) is 0 Å². The molecule has 0 fully saturated rings. The van der Waals surface area contributed by atoms with Crippen molar-refractivity contribution in [3.8, 4) is 0 Å². The number of amides is 1. The molecule has 7 nitrogen and oxygen atoms in total. The number of carbonyl (C=O) groups excluding carboxylic acids is 1. The SMILES string of the molecule is Cc1ccc(C(=O)NCc2cccnc2)c(Nc2ccc3cn[nH]c3c2)n1. The van der Waals surface area contributed by atoms with E-state index in [0.29, 0.717) is 17.9 Å². The third-order valence-corrected chi connectivity index (χ3v) is 4.16. The fourth-order valence-corrected chi connectivity index (χ4v) is 2.77. The molecule has 1 aromatic carbocycles. The predicted octanol–water partition coefficient (Wildman–Crippen LogP) is 3.33. The second-order valence-corrected chi connectivity index (χ2v) is 6.19. The number of aromatic nitrogens is 4. The summed E-state index contributed by atoms with van der Waals surface area (Å²) in [5, 5.41) is 14.1. The Morgan fingerprint density at radius 2 is 2.07 bits per heavy atom. The summed E-state index contributed by atoms with van der Waals surface area (Å²) >= 11 is 0.